The maximum absolute atomic E-state index is 13.8. The summed E-state index contributed by atoms with van der Waals surface area (Å²) in [5.41, 5.74) is 2.05. The molecule has 0 bridgehead atoms. The van der Waals surface area contributed by atoms with Gasteiger partial charge in [0.2, 0.25) is 0 Å². The van der Waals surface area contributed by atoms with Crippen LogP contribution in [0.1, 0.15) is 5.56 Å². The number of ether oxygens (including phenoxy) is 4. The number of anilines is 1. The summed E-state index contributed by atoms with van der Waals surface area (Å²) >= 11 is 0. The van der Waals surface area contributed by atoms with Gasteiger partial charge in [-0.2, -0.15) is 5.10 Å². The fourth-order valence-corrected chi connectivity index (χ4v) is 5.18. The first kappa shape index (κ1) is 28.7. The number of methoxy groups -OCH3 is 4. The summed E-state index contributed by atoms with van der Waals surface area (Å²) in [6, 6.07) is 14.1. The lowest BCUT2D eigenvalue weighted by Crippen LogP contribution is -2.40. The first-order valence-corrected chi connectivity index (χ1v) is 12.6. The summed E-state index contributed by atoms with van der Waals surface area (Å²) in [6.45, 7) is -0.788. The molecule has 0 spiro atoms. The van der Waals surface area contributed by atoms with Crippen molar-refractivity contribution in [3.8, 4) is 23.0 Å². The van der Waals surface area contributed by atoms with Crippen molar-refractivity contribution in [1.82, 2.24) is 5.43 Å². The molecule has 0 saturated carbocycles. The van der Waals surface area contributed by atoms with Crippen LogP contribution < -0.4 is 28.7 Å². The number of amides is 1. The highest BCUT2D eigenvalue weighted by atomic mass is 32.2. The van der Waals surface area contributed by atoms with Crippen LogP contribution in [0.3, 0.4) is 0 Å². The molecule has 0 heterocycles. The molecule has 0 aromatic heterocycles. The molecule has 0 aliphatic heterocycles. The number of nitrogens with zero attached hydrogens (tertiary/aromatic N) is 3. The highest BCUT2D eigenvalue weighted by Crippen LogP contribution is 2.37. The molecule has 0 radical (unpaired) electrons. The zero-order valence-electron chi connectivity index (χ0n) is 21.5. The summed E-state index contributed by atoms with van der Waals surface area (Å²) in [4.78, 5) is 23.1. The fourth-order valence-electron chi connectivity index (χ4n) is 3.59. The topological polar surface area (TPSA) is 159 Å². The van der Waals surface area contributed by atoms with Gasteiger partial charge in [0.05, 0.1) is 45.3 Å². The van der Waals surface area contributed by atoms with Gasteiger partial charge in [-0.25, -0.2) is 13.8 Å². The highest BCUT2D eigenvalue weighted by molar-refractivity contribution is 7.93. The number of nitro benzene ring substituents is 1. The lowest BCUT2D eigenvalue weighted by molar-refractivity contribution is -0.387. The van der Waals surface area contributed by atoms with Gasteiger partial charge in [0.25, 0.3) is 21.6 Å². The van der Waals surface area contributed by atoms with Crippen LogP contribution in [0.2, 0.25) is 0 Å². The Labute approximate surface area is 224 Å². The molecule has 0 aliphatic carbocycles. The van der Waals surface area contributed by atoms with E-state index in [9.17, 15) is 23.3 Å². The van der Waals surface area contributed by atoms with Gasteiger partial charge in [-0.1, -0.05) is 18.2 Å². The summed E-state index contributed by atoms with van der Waals surface area (Å²) in [5.74, 6) is 0.393. The van der Waals surface area contributed by atoms with Gasteiger partial charge in [-0.15, -0.1) is 0 Å². The quantitative estimate of drug-likeness (QED) is 0.200. The molecule has 39 heavy (non-hydrogen) atoms. The van der Waals surface area contributed by atoms with Crippen LogP contribution >= 0.6 is 0 Å². The van der Waals surface area contributed by atoms with Gasteiger partial charge in [0.1, 0.15) is 18.0 Å². The normalized spacial score (nSPS) is 11.1. The molecule has 1 N–H and O–H groups in total. The van der Waals surface area contributed by atoms with Crippen molar-refractivity contribution in [3.63, 3.8) is 0 Å². The standard InChI is InChI=1S/C25H26N4O9S/c1-35-18-12-13-19(22(14-18)37-3)28(39(33,34)23-11-6-5-9-20(23)29(31)32)16-24(30)27-26-15-17-8-7-10-21(36-2)25(17)38-4/h5-15H,16H2,1-4H3,(H,27,30)/b26-15+. The van der Waals surface area contributed by atoms with Crippen LogP contribution in [0.5, 0.6) is 23.0 Å². The summed E-state index contributed by atoms with van der Waals surface area (Å²) in [6.07, 6.45) is 1.30. The van der Waals surface area contributed by atoms with E-state index in [-0.39, 0.29) is 11.4 Å². The van der Waals surface area contributed by atoms with Crippen LogP contribution in [-0.4, -0.2) is 60.4 Å². The fraction of sp³-hybridized carbons (Fsp3) is 0.200. The predicted molar refractivity (Wildman–Crippen MR) is 142 cm³/mol. The average molecular weight is 559 g/mol. The predicted octanol–water partition coefficient (Wildman–Crippen LogP) is 2.97. The largest absolute Gasteiger partial charge is 0.497 e. The SMILES string of the molecule is COc1ccc(N(CC(=O)N/N=C/c2cccc(OC)c2OC)S(=O)(=O)c2ccccc2[N+](=O)[O-])c(OC)c1. The van der Waals surface area contributed by atoms with Gasteiger partial charge in [-0.3, -0.25) is 19.2 Å². The number of carbonyl (C=O) groups excluding carboxylic acids is 1. The number of para-hydroxylation sites is 2. The second kappa shape index (κ2) is 12.6. The van der Waals surface area contributed by atoms with Crippen molar-refractivity contribution in [2.75, 3.05) is 39.3 Å². The minimum Gasteiger partial charge on any atom is -0.497 e. The number of nitrogens with one attached hydrogen (secondary N) is 1. The van der Waals surface area contributed by atoms with E-state index in [4.69, 9.17) is 18.9 Å². The van der Waals surface area contributed by atoms with Gasteiger partial charge >= 0.3 is 0 Å². The van der Waals surface area contributed by atoms with Gasteiger partial charge in [0, 0.05) is 17.7 Å². The van der Waals surface area contributed by atoms with Gasteiger partial charge in [0.15, 0.2) is 16.4 Å². The Kier molecular flexibility index (Phi) is 9.28. The third-order valence-electron chi connectivity index (χ3n) is 5.40. The zero-order chi connectivity index (χ0) is 28.6. The van der Waals surface area contributed by atoms with E-state index >= 15 is 0 Å². The molecule has 14 heteroatoms. The van der Waals surface area contributed by atoms with Gasteiger partial charge in [-0.05, 0) is 30.3 Å². The number of nitro groups is 1. The second-order valence-electron chi connectivity index (χ2n) is 7.65. The number of sulfonamides is 1. The summed E-state index contributed by atoms with van der Waals surface area (Å²) in [5, 5.41) is 15.5. The Hall–Kier alpha value is -4.85. The van der Waals surface area contributed by atoms with Crippen LogP contribution in [0.25, 0.3) is 0 Å². The Bertz CT molecular complexity index is 1490. The summed E-state index contributed by atoms with van der Waals surface area (Å²) in [7, 11) is 0.987. The minimum atomic E-state index is -4.65. The zero-order valence-corrected chi connectivity index (χ0v) is 22.3. The molecule has 0 fully saturated rings. The third kappa shape index (κ3) is 6.35. The van der Waals surface area contributed by atoms with Crippen molar-refractivity contribution in [2.24, 2.45) is 5.10 Å². The Balaban J connectivity index is 2.01. The number of hydrogen-bond acceptors (Lipinski definition) is 10. The lowest BCUT2D eigenvalue weighted by Gasteiger charge is -2.25. The molecule has 0 unspecified atom stereocenters. The van der Waals surface area contributed by atoms with Crippen LogP contribution in [0.15, 0.2) is 70.7 Å². The minimum absolute atomic E-state index is 0.0499. The number of benzene rings is 3. The monoisotopic (exact) mass is 558 g/mol. The van der Waals surface area contributed by atoms with E-state index in [0.29, 0.717) is 27.1 Å². The van der Waals surface area contributed by atoms with E-state index < -0.39 is 38.0 Å². The lowest BCUT2D eigenvalue weighted by atomic mass is 10.2. The average Bonchev–Trinajstić information content (AvgIpc) is 2.95. The van der Waals surface area contributed by atoms with E-state index in [1.165, 1.54) is 65.0 Å². The van der Waals surface area contributed by atoms with E-state index in [2.05, 4.69) is 10.5 Å². The molecule has 3 aromatic rings. The Morgan fingerprint density at radius 1 is 0.974 bits per heavy atom. The van der Waals surface area contributed by atoms with Crippen LogP contribution in [0, 0.1) is 10.1 Å². The van der Waals surface area contributed by atoms with Crippen molar-refractivity contribution in [2.45, 2.75) is 4.90 Å². The van der Waals surface area contributed by atoms with Crippen LogP contribution in [0.4, 0.5) is 11.4 Å². The molecule has 3 rings (SSSR count). The molecule has 206 valence electrons. The first-order chi connectivity index (χ1) is 18.7. The van der Waals surface area contributed by atoms with Crippen molar-refractivity contribution in [1.29, 1.82) is 0 Å². The van der Waals surface area contributed by atoms with E-state index in [1.807, 2.05) is 0 Å². The molecule has 0 aliphatic rings. The number of hydrazone groups is 1. The number of rotatable bonds is 12. The Morgan fingerprint density at radius 3 is 2.33 bits per heavy atom. The number of carbonyl (C=O) groups is 1. The van der Waals surface area contributed by atoms with E-state index in [0.717, 1.165) is 12.1 Å². The highest BCUT2D eigenvalue weighted by Gasteiger charge is 2.34. The van der Waals surface area contributed by atoms with Crippen molar-refractivity contribution in [3.05, 3.63) is 76.3 Å². The van der Waals surface area contributed by atoms with Crippen molar-refractivity contribution < 1.29 is 37.1 Å². The third-order valence-corrected chi connectivity index (χ3v) is 7.21. The molecule has 3 aromatic carbocycles. The van der Waals surface area contributed by atoms with Gasteiger partial charge < -0.3 is 18.9 Å². The maximum atomic E-state index is 13.8. The Morgan fingerprint density at radius 2 is 1.69 bits per heavy atom. The maximum Gasteiger partial charge on any atom is 0.289 e. The first-order valence-electron chi connectivity index (χ1n) is 11.2. The molecule has 0 saturated heterocycles. The smallest absolute Gasteiger partial charge is 0.289 e. The van der Waals surface area contributed by atoms with Crippen molar-refractivity contribution >= 4 is 33.5 Å². The molecule has 0 atom stereocenters. The second-order valence-corrected chi connectivity index (χ2v) is 9.48. The summed E-state index contributed by atoms with van der Waals surface area (Å²) < 4.78 is 49.3. The van der Waals surface area contributed by atoms with Crippen LogP contribution in [-0.2, 0) is 14.8 Å². The molecular formula is C25H26N4O9S. The van der Waals surface area contributed by atoms with E-state index in [1.54, 1.807) is 18.2 Å². The molecular weight excluding hydrogens is 532 g/mol. The molecule has 13 nitrogen and oxygen atoms in total. The number of hydrogen-bond donors (Lipinski definition) is 1. The molecule has 1 amide bonds.